The van der Waals surface area contributed by atoms with E-state index in [4.69, 9.17) is 0 Å². The molecule has 3 aromatic rings. The summed E-state index contributed by atoms with van der Waals surface area (Å²) in [5.41, 5.74) is 7.08. The van der Waals surface area contributed by atoms with Crippen LogP contribution >= 0.6 is 0 Å². The predicted octanol–water partition coefficient (Wildman–Crippen LogP) is 3.31. The number of pyridine rings is 1. The molecule has 0 unspecified atom stereocenters. The number of anilines is 1. The van der Waals surface area contributed by atoms with Gasteiger partial charge in [-0.25, -0.2) is 0 Å². The maximum absolute atomic E-state index is 13.1. The number of carbonyl (C=O) groups excluding carboxylic acids is 2. The Bertz CT molecular complexity index is 1150. The Morgan fingerprint density at radius 3 is 2.50 bits per heavy atom. The average Bonchev–Trinajstić information content (AvgIpc) is 3.25. The van der Waals surface area contributed by atoms with Gasteiger partial charge < -0.3 is 10.2 Å². The highest BCUT2D eigenvalue weighted by atomic mass is 16.2. The molecule has 0 fully saturated rings. The molecule has 0 atom stereocenters. The SMILES string of the molecule is Cc1cc2c(cn1)CN(C(=O)c1ccc(C)c(NC(=O)Cn3nc(C)cc3C)c1)C2. The topological polar surface area (TPSA) is 80.1 Å². The highest BCUT2D eigenvalue weighted by Gasteiger charge is 2.25. The van der Waals surface area contributed by atoms with Gasteiger partial charge in [-0.2, -0.15) is 5.10 Å². The number of aromatic nitrogens is 3. The number of nitrogens with one attached hydrogen (secondary N) is 1. The number of hydrogen-bond acceptors (Lipinski definition) is 4. The molecule has 7 heteroatoms. The third-order valence-electron chi connectivity index (χ3n) is 5.38. The van der Waals surface area contributed by atoms with Gasteiger partial charge in [0.2, 0.25) is 5.91 Å². The Hall–Kier alpha value is -3.48. The minimum atomic E-state index is -0.177. The molecule has 1 aliphatic rings. The van der Waals surface area contributed by atoms with Gasteiger partial charge in [0, 0.05) is 41.9 Å². The quantitative estimate of drug-likeness (QED) is 0.725. The molecule has 30 heavy (non-hydrogen) atoms. The number of nitrogens with zero attached hydrogens (tertiary/aromatic N) is 4. The number of carbonyl (C=O) groups is 2. The zero-order valence-electron chi connectivity index (χ0n) is 17.7. The van der Waals surface area contributed by atoms with Gasteiger partial charge in [0.15, 0.2) is 0 Å². The van der Waals surface area contributed by atoms with Crippen LogP contribution in [0.1, 0.15) is 44.1 Å². The molecule has 0 saturated heterocycles. The monoisotopic (exact) mass is 403 g/mol. The Morgan fingerprint density at radius 2 is 1.77 bits per heavy atom. The molecule has 3 heterocycles. The van der Waals surface area contributed by atoms with Crippen molar-refractivity contribution in [2.75, 3.05) is 5.32 Å². The standard InChI is InChI=1S/C23H25N5O2/c1-14-5-6-18(23(30)27-11-19-8-15(2)24-10-20(19)12-27)9-21(14)25-22(29)13-28-17(4)7-16(3)26-28/h5-10H,11-13H2,1-4H3,(H,25,29). The van der Waals surface area contributed by atoms with Gasteiger partial charge >= 0.3 is 0 Å². The number of aryl methyl sites for hydroxylation is 4. The maximum atomic E-state index is 13.1. The number of amides is 2. The lowest BCUT2D eigenvalue weighted by Crippen LogP contribution is -2.26. The number of hydrogen-bond donors (Lipinski definition) is 1. The molecule has 2 amide bonds. The molecule has 4 rings (SSSR count). The van der Waals surface area contributed by atoms with Gasteiger partial charge in [-0.1, -0.05) is 6.07 Å². The summed E-state index contributed by atoms with van der Waals surface area (Å²) in [6.45, 7) is 8.93. The second-order valence-electron chi connectivity index (χ2n) is 7.92. The van der Waals surface area contributed by atoms with Gasteiger partial charge in [-0.05, 0) is 68.7 Å². The summed E-state index contributed by atoms with van der Waals surface area (Å²) in [6.07, 6.45) is 1.84. The Labute approximate surface area is 175 Å². The maximum Gasteiger partial charge on any atom is 0.254 e. The van der Waals surface area contributed by atoms with E-state index in [1.54, 1.807) is 21.7 Å². The third kappa shape index (κ3) is 3.96. The fourth-order valence-electron chi connectivity index (χ4n) is 3.78. The molecule has 0 spiro atoms. The van der Waals surface area contributed by atoms with Crippen molar-refractivity contribution in [3.63, 3.8) is 0 Å². The molecular weight excluding hydrogens is 378 g/mol. The van der Waals surface area contributed by atoms with Crippen molar-refractivity contribution in [3.05, 3.63) is 75.9 Å². The van der Waals surface area contributed by atoms with E-state index in [-0.39, 0.29) is 18.4 Å². The third-order valence-corrected chi connectivity index (χ3v) is 5.38. The zero-order chi connectivity index (χ0) is 21.4. The van der Waals surface area contributed by atoms with E-state index >= 15 is 0 Å². The summed E-state index contributed by atoms with van der Waals surface area (Å²) >= 11 is 0. The molecule has 7 nitrogen and oxygen atoms in total. The summed E-state index contributed by atoms with van der Waals surface area (Å²) in [4.78, 5) is 31.7. The summed E-state index contributed by atoms with van der Waals surface area (Å²) in [5, 5.41) is 7.25. The Kier molecular flexibility index (Phi) is 5.11. The second-order valence-corrected chi connectivity index (χ2v) is 7.92. The molecule has 1 N–H and O–H groups in total. The van der Waals surface area contributed by atoms with Gasteiger partial charge in [-0.15, -0.1) is 0 Å². The smallest absolute Gasteiger partial charge is 0.254 e. The van der Waals surface area contributed by atoms with Gasteiger partial charge in [-0.3, -0.25) is 19.3 Å². The van der Waals surface area contributed by atoms with Crippen LogP contribution in [0, 0.1) is 27.7 Å². The van der Waals surface area contributed by atoms with E-state index in [0.29, 0.717) is 24.3 Å². The first-order chi connectivity index (χ1) is 14.3. The first-order valence-corrected chi connectivity index (χ1v) is 9.95. The van der Waals surface area contributed by atoms with Crippen LogP contribution in [-0.2, 0) is 24.4 Å². The number of rotatable bonds is 4. The molecule has 1 aliphatic heterocycles. The van der Waals surface area contributed by atoms with Crippen LogP contribution in [0.2, 0.25) is 0 Å². The molecule has 0 saturated carbocycles. The normalized spacial score (nSPS) is 12.7. The number of fused-ring (bicyclic) bond motifs is 1. The van der Waals surface area contributed by atoms with Crippen LogP contribution in [0.25, 0.3) is 0 Å². The second kappa shape index (κ2) is 7.74. The van der Waals surface area contributed by atoms with Crippen molar-refractivity contribution in [1.29, 1.82) is 0 Å². The van der Waals surface area contributed by atoms with Gasteiger partial charge in [0.1, 0.15) is 6.54 Å². The lowest BCUT2D eigenvalue weighted by atomic mass is 10.1. The predicted molar refractivity (Wildman–Crippen MR) is 114 cm³/mol. The highest BCUT2D eigenvalue weighted by molar-refractivity contribution is 5.98. The van der Waals surface area contributed by atoms with Crippen LogP contribution in [0.4, 0.5) is 5.69 Å². The van der Waals surface area contributed by atoms with E-state index in [0.717, 1.165) is 33.8 Å². The molecule has 0 aliphatic carbocycles. The molecule has 0 radical (unpaired) electrons. The van der Waals surface area contributed by atoms with Crippen molar-refractivity contribution >= 4 is 17.5 Å². The van der Waals surface area contributed by atoms with Gasteiger partial charge in [0.05, 0.1) is 5.69 Å². The number of benzene rings is 1. The Balaban J connectivity index is 1.48. The van der Waals surface area contributed by atoms with Crippen molar-refractivity contribution in [2.24, 2.45) is 0 Å². The minimum Gasteiger partial charge on any atom is -0.330 e. The summed E-state index contributed by atoms with van der Waals surface area (Å²) in [7, 11) is 0. The molecule has 1 aromatic carbocycles. The first-order valence-electron chi connectivity index (χ1n) is 9.95. The van der Waals surface area contributed by atoms with Crippen LogP contribution in [0.3, 0.4) is 0 Å². The van der Waals surface area contributed by atoms with E-state index in [9.17, 15) is 9.59 Å². The summed E-state index contributed by atoms with van der Waals surface area (Å²) < 4.78 is 1.67. The van der Waals surface area contributed by atoms with E-state index in [1.807, 2.05) is 52.1 Å². The van der Waals surface area contributed by atoms with E-state index < -0.39 is 0 Å². The average molecular weight is 403 g/mol. The summed E-state index contributed by atoms with van der Waals surface area (Å²) in [6, 6.07) is 9.39. The molecule has 2 aromatic heterocycles. The Morgan fingerprint density at radius 1 is 1.00 bits per heavy atom. The first kappa shape index (κ1) is 19.8. The molecule has 154 valence electrons. The minimum absolute atomic E-state index is 0.0575. The zero-order valence-corrected chi connectivity index (χ0v) is 17.7. The van der Waals surface area contributed by atoms with Gasteiger partial charge in [0.25, 0.3) is 5.91 Å². The van der Waals surface area contributed by atoms with Crippen molar-refractivity contribution < 1.29 is 9.59 Å². The summed E-state index contributed by atoms with van der Waals surface area (Å²) in [5.74, 6) is -0.234. The fourth-order valence-corrected chi connectivity index (χ4v) is 3.78. The van der Waals surface area contributed by atoms with Crippen LogP contribution in [-0.4, -0.2) is 31.5 Å². The van der Waals surface area contributed by atoms with Crippen molar-refractivity contribution in [2.45, 2.75) is 47.3 Å². The van der Waals surface area contributed by atoms with E-state index in [2.05, 4.69) is 15.4 Å². The largest absolute Gasteiger partial charge is 0.330 e. The van der Waals surface area contributed by atoms with Crippen LogP contribution < -0.4 is 5.32 Å². The highest BCUT2D eigenvalue weighted by Crippen LogP contribution is 2.26. The molecular formula is C23H25N5O2. The molecule has 0 bridgehead atoms. The lowest BCUT2D eigenvalue weighted by Gasteiger charge is -2.17. The van der Waals surface area contributed by atoms with Crippen molar-refractivity contribution in [1.82, 2.24) is 19.7 Å². The lowest BCUT2D eigenvalue weighted by molar-refractivity contribution is -0.116. The van der Waals surface area contributed by atoms with Crippen LogP contribution in [0.5, 0.6) is 0 Å². The van der Waals surface area contributed by atoms with Crippen LogP contribution in [0.15, 0.2) is 36.5 Å². The fraction of sp³-hybridized carbons (Fsp3) is 0.304. The van der Waals surface area contributed by atoms with Crippen molar-refractivity contribution in [3.8, 4) is 0 Å². The van der Waals surface area contributed by atoms with E-state index in [1.165, 1.54) is 0 Å².